The first-order chi connectivity index (χ1) is 18.0. The Labute approximate surface area is 213 Å². The average Bonchev–Trinajstić information content (AvgIpc) is 2.87. The van der Waals surface area contributed by atoms with Crippen molar-refractivity contribution in [3.05, 3.63) is 94.6 Å². The molecule has 0 amide bonds. The van der Waals surface area contributed by atoms with Gasteiger partial charge in [-0.25, -0.2) is 26.3 Å². The van der Waals surface area contributed by atoms with Crippen LogP contribution in [0.2, 0.25) is 0 Å². The van der Waals surface area contributed by atoms with E-state index in [1.165, 1.54) is 0 Å². The Morgan fingerprint density at radius 1 is 0.816 bits per heavy atom. The van der Waals surface area contributed by atoms with Crippen LogP contribution >= 0.6 is 0 Å². The molecular weight excluding hydrogens is 520 g/mol. The summed E-state index contributed by atoms with van der Waals surface area (Å²) >= 11 is 0. The Morgan fingerprint density at radius 3 is 2.11 bits per heavy atom. The van der Waals surface area contributed by atoms with Crippen LogP contribution in [0.3, 0.4) is 0 Å². The van der Waals surface area contributed by atoms with Gasteiger partial charge in [0.25, 0.3) is 0 Å². The van der Waals surface area contributed by atoms with Gasteiger partial charge in [-0.05, 0) is 73.6 Å². The zero-order valence-corrected chi connectivity index (χ0v) is 20.1. The van der Waals surface area contributed by atoms with Crippen molar-refractivity contribution < 1.29 is 44.6 Å². The van der Waals surface area contributed by atoms with E-state index in [1.54, 1.807) is 6.08 Å². The molecule has 0 N–H and O–H groups in total. The highest BCUT2D eigenvalue weighted by Gasteiger charge is 2.40. The van der Waals surface area contributed by atoms with Crippen LogP contribution in [-0.4, -0.2) is 13.2 Å². The van der Waals surface area contributed by atoms with Crippen molar-refractivity contribution in [1.29, 1.82) is 0 Å². The van der Waals surface area contributed by atoms with Gasteiger partial charge in [-0.1, -0.05) is 12.1 Å². The molecule has 1 aliphatic carbocycles. The lowest BCUT2D eigenvalue weighted by atomic mass is 9.86. The van der Waals surface area contributed by atoms with Crippen LogP contribution < -0.4 is 4.74 Å². The minimum absolute atomic E-state index is 0.133. The Morgan fingerprint density at radius 2 is 1.50 bits per heavy atom. The molecule has 0 aromatic heterocycles. The van der Waals surface area contributed by atoms with Crippen LogP contribution in [0.25, 0.3) is 16.7 Å². The first-order valence-corrected chi connectivity index (χ1v) is 11.8. The highest BCUT2D eigenvalue weighted by molar-refractivity contribution is 5.67. The van der Waals surface area contributed by atoms with E-state index >= 15 is 0 Å². The molecule has 1 unspecified atom stereocenters. The predicted molar refractivity (Wildman–Crippen MR) is 124 cm³/mol. The average molecular weight is 542 g/mol. The third-order valence-electron chi connectivity index (χ3n) is 6.30. The summed E-state index contributed by atoms with van der Waals surface area (Å²) in [5, 5.41) is 0. The van der Waals surface area contributed by atoms with Gasteiger partial charge >= 0.3 is 6.11 Å². The van der Waals surface area contributed by atoms with Crippen molar-refractivity contribution in [2.45, 2.75) is 32.3 Å². The van der Waals surface area contributed by atoms with Crippen molar-refractivity contribution in [3.63, 3.8) is 0 Å². The monoisotopic (exact) mass is 542 g/mol. The van der Waals surface area contributed by atoms with Gasteiger partial charge in [-0.2, -0.15) is 8.78 Å². The summed E-state index contributed by atoms with van der Waals surface area (Å²) in [5.41, 5.74) is -1.84. The molecule has 0 aliphatic heterocycles. The lowest BCUT2D eigenvalue weighted by Gasteiger charge is -2.23. The van der Waals surface area contributed by atoms with Gasteiger partial charge in [-0.15, -0.1) is 0 Å². The van der Waals surface area contributed by atoms with E-state index in [2.05, 4.69) is 4.74 Å². The topological polar surface area (TPSA) is 18.5 Å². The smallest absolute Gasteiger partial charge is 0.429 e. The minimum Gasteiger partial charge on any atom is -0.429 e. The fourth-order valence-electron chi connectivity index (χ4n) is 4.30. The summed E-state index contributed by atoms with van der Waals surface area (Å²) in [7, 11) is 0. The third-order valence-corrected chi connectivity index (χ3v) is 6.30. The highest BCUT2D eigenvalue weighted by atomic mass is 19.3. The Hall–Kier alpha value is -3.40. The van der Waals surface area contributed by atoms with Crippen LogP contribution in [0.1, 0.15) is 37.3 Å². The van der Waals surface area contributed by atoms with Gasteiger partial charge in [0.15, 0.2) is 29.1 Å². The largest absolute Gasteiger partial charge is 0.429 e. The summed E-state index contributed by atoms with van der Waals surface area (Å²) < 4.78 is 124. The number of benzene rings is 3. The maximum absolute atomic E-state index is 14.8. The predicted octanol–water partition coefficient (Wildman–Crippen LogP) is 8.54. The SMILES string of the molecule is CCOCC1CC=C(c2ccc(C(F)(F)Oc3ccc(-c4cc(F)c(F)c(F)c4)c(F)c3)c(F)c2F)CC1. The molecule has 0 radical (unpaired) electrons. The normalized spacial score (nSPS) is 15.9. The fraction of sp³-hybridized carbons (Fsp3) is 0.286. The summed E-state index contributed by atoms with van der Waals surface area (Å²) in [5.74, 6) is -9.91. The number of hydrogen-bond acceptors (Lipinski definition) is 2. The molecule has 0 saturated carbocycles. The molecule has 0 spiro atoms. The van der Waals surface area contributed by atoms with E-state index in [-0.39, 0.29) is 17.0 Å². The van der Waals surface area contributed by atoms with Gasteiger partial charge in [0, 0.05) is 30.4 Å². The minimum atomic E-state index is -4.39. The summed E-state index contributed by atoms with van der Waals surface area (Å²) in [6.07, 6.45) is -0.978. The van der Waals surface area contributed by atoms with E-state index in [1.807, 2.05) is 6.92 Å². The number of halogens is 8. The van der Waals surface area contributed by atoms with E-state index in [9.17, 15) is 35.1 Å². The third kappa shape index (κ3) is 5.70. The standard InChI is InChI=1S/C28H22F8O2/c1-2-37-14-15-3-5-16(6-4-15)20-9-10-21(26(33)25(20)32)28(35,36)38-18-7-8-19(22(29)13-18)17-11-23(30)27(34)24(31)12-17/h5,7-13,15H,2-4,6,14H2,1H3. The molecule has 38 heavy (non-hydrogen) atoms. The quantitative estimate of drug-likeness (QED) is 0.210. The zero-order valence-electron chi connectivity index (χ0n) is 20.1. The van der Waals surface area contributed by atoms with Crippen molar-refractivity contribution >= 4 is 5.57 Å². The second-order valence-corrected chi connectivity index (χ2v) is 8.83. The number of ether oxygens (including phenoxy) is 2. The van der Waals surface area contributed by atoms with Gasteiger partial charge in [0.2, 0.25) is 0 Å². The van der Waals surface area contributed by atoms with Gasteiger partial charge in [-0.3, -0.25) is 0 Å². The number of alkyl halides is 2. The molecule has 2 nitrogen and oxygen atoms in total. The first kappa shape index (κ1) is 27.6. The molecule has 4 rings (SSSR count). The van der Waals surface area contributed by atoms with Crippen LogP contribution in [-0.2, 0) is 10.8 Å². The van der Waals surface area contributed by atoms with Crippen molar-refractivity contribution in [2.75, 3.05) is 13.2 Å². The maximum atomic E-state index is 14.8. The van der Waals surface area contributed by atoms with E-state index in [0.717, 1.165) is 18.2 Å². The Kier molecular flexibility index (Phi) is 8.10. The summed E-state index contributed by atoms with van der Waals surface area (Å²) in [4.78, 5) is 0. The summed E-state index contributed by atoms with van der Waals surface area (Å²) in [6, 6.07) is 5.02. The van der Waals surface area contributed by atoms with Crippen molar-refractivity contribution in [1.82, 2.24) is 0 Å². The lowest BCUT2D eigenvalue weighted by molar-refractivity contribution is -0.187. The zero-order chi connectivity index (χ0) is 27.6. The molecular formula is C28H22F8O2. The molecule has 10 heteroatoms. The Balaban J connectivity index is 1.55. The van der Waals surface area contributed by atoms with Gasteiger partial charge in [0.1, 0.15) is 17.1 Å². The van der Waals surface area contributed by atoms with Crippen molar-refractivity contribution in [2.24, 2.45) is 5.92 Å². The molecule has 0 bridgehead atoms. The number of hydrogen-bond donors (Lipinski definition) is 0. The second-order valence-electron chi connectivity index (χ2n) is 8.83. The van der Waals surface area contributed by atoms with E-state index < -0.39 is 57.9 Å². The maximum Gasteiger partial charge on any atom is 0.429 e. The molecule has 3 aromatic rings. The van der Waals surface area contributed by atoms with Gasteiger partial charge < -0.3 is 9.47 Å². The molecule has 0 fully saturated rings. The molecule has 0 heterocycles. The van der Waals surface area contributed by atoms with E-state index in [4.69, 9.17) is 4.74 Å². The molecule has 3 aromatic carbocycles. The first-order valence-electron chi connectivity index (χ1n) is 11.8. The van der Waals surface area contributed by atoms with Crippen molar-refractivity contribution in [3.8, 4) is 16.9 Å². The number of rotatable bonds is 8. The molecule has 1 aliphatic rings. The Bertz CT molecular complexity index is 1350. The highest BCUT2D eigenvalue weighted by Crippen LogP contribution is 2.39. The fourth-order valence-corrected chi connectivity index (χ4v) is 4.30. The van der Waals surface area contributed by atoms with Crippen LogP contribution in [0.5, 0.6) is 5.75 Å². The molecule has 0 saturated heterocycles. The van der Waals surface area contributed by atoms with E-state index in [0.29, 0.717) is 62.3 Å². The molecule has 1 atom stereocenters. The number of allylic oxidation sites excluding steroid dienone is 2. The van der Waals surface area contributed by atoms with Crippen LogP contribution in [0.15, 0.2) is 48.5 Å². The van der Waals surface area contributed by atoms with Gasteiger partial charge in [0.05, 0.1) is 0 Å². The second kappa shape index (κ2) is 11.1. The lowest BCUT2D eigenvalue weighted by Crippen LogP contribution is -2.24. The van der Waals surface area contributed by atoms with Crippen LogP contribution in [0.4, 0.5) is 35.1 Å². The molecule has 202 valence electrons. The van der Waals surface area contributed by atoms with Crippen LogP contribution in [0, 0.1) is 40.8 Å². The summed E-state index contributed by atoms with van der Waals surface area (Å²) in [6.45, 7) is 2.97.